The van der Waals surface area contributed by atoms with Crippen molar-refractivity contribution in [3.8, 4) is 0 Å². The van der Waals surface area contributed by atoms with Crippen LogP contribution in [0.5, 0.6) is 0 Å². The lowest BCUT2D eigenvalue weighted by molar-refractivity contribution is 0.0719. The van der Waals surface area contributed by atoms with Crippen LogP contribution in [0, 0.1) is 0 Å². The number of fused-ring (bicyclic) bond motifs is 3. The van der Waals surface area contributed by atoms with Crippen molar-refractivity contribution in [2.45, 2.75) is 0 Å². The molecule has 100 valence electrons. The number of carbonyl (C=O) groups excluding carboxylic acids is 1. The molecular weight excluding hydrogens is 260 g/mol. The van der Waals surface area contributed by atoms with Crippen molar-refractivity contribution in [1.82, 2.24) is 0 Å². The van der Waals surface area contributed by atoms with E-state index in [4.69, 9.17) is 4.74 Å². The Bertz CT molecular complexity index is 876. The quantitative estimate of drug-likeness (QED) is 0.609. The first-order valence-electron chi connectivity index (χ1n) is 6.84. The summed E-state index contributed by atoms with van der Waals surface area (Å²) in [5.74, 6) is 0.343. The Balaban J connectivity index is 1.93. The van der Waals surface area contributed by atoms with Crippen LogP contribution in [-0.4, -0.2) is 5.97 Å². The van der Waals surface area contributed by atoms with Crippen LogP contribution in [0.2, 0.25) is 0 Å². The average Bonchev–Trinajstić information content (AvgIpc) is 2.85. The molecular formula is C19H12O2. The summed E-state index contributed by atoms with van der Waals surface area (Å²) in [6.45, 7) is 0. The van der Waals surface area contributed by atoms with Gasteiger partial charge in [-0.2, -0.15) is 0 Å². The van der Waals surface area contributed by atoms with Crippen LogP contribution >= 0.6 is 0 Å². The summed E-state index contributed by atoms with van der Waals surface area (Å²) < 4.78 is 5.47. The third-order valence-corrected chi connectivity index (χ3v) is 3.70. The van der Waals surface area contributed by atoms with E-state index >= 15 is 0 Å². The third-order valence-electron chi connectivity index (χ3n) is 3.70. The molecule has 0 aromatic heterocycles. The highest BCUT2D eigenvalue weighted by molar-refractivity contribution is 6.14. The van der Waals surface area contributed by atoms with E-state index in [9.17, 15) is 4.79 Å². The van der Waals surface area contributed by atoms with Crippen molar-refractivity contribution >= 4 is 28.6 Å². The van der Waals surface area contributed by atoms with Crippen molar-refractivity contribution in [3.05, 3.63) is 83.4 Å². The molecule has 0 saturated carbocycles. The number of hydrogen-bond acceptors (Lipinski definition) is 2. The molecule has 1 aliphatic rings. The molecule has 4 rings (SSSR count). The van der Waals surface area contributed by atoms with E-state index in [1.54, 1.807) is 0 Å². The topological polar surface area (TPSA) is 26.3 Å². The van der Waals surface area contributed by atoms with Crippen LogP contribution < -0.4 is 0 Å². The molecule has 0 atom stereocenters. The fraction of sp³-hybridized carbons (Fsp3) is 0. The highest BCUT2D eigenvalue weighted by Crippen LogP contribution is 2.35. The fourth-order valence-electron chi connectivity index (χ4n) is 2.71. The second-order valence-corrected chi connectivity index (χ2v) is 5.02. The van der Waals surface area contributed by atoms with E-state index in [0.29, 0.717) is 11.3 Å². The third kappa shape index (κ3) is 1.93. The molecule has 3 aromatic carbocycles. The number of benzene rings is 3. The number of esters is 1. The van der Waals surface area contributed by atoms with E-state index in [0.717, 1.165) is 21.9 Å². The summed E-state index contributed by atoms with van der Waals surface area (Å²) in [6.07, 6.45) is 1.90. The van der Waals surface area contributed by atoms with Crippen molar-refractivity contribution in [3.63, 3.8) is 0 Å². The van der Waals surface area contributed by atoms with Crippen LogP contribution in [0.1, 0.15) is 21.5 Å². The fourth-order valence-corrected chi connectivity index (χ4v) is 2.71. The molecule has 3 aromatic rings. The molecule has 1 heterocycles. The second-order valence-electron chi connectivity index (χ2n) is 5.02. The first-order chi connectivity index (χ1) is 10.3. The lowest BCUT2D eigenvalue weighted by Crippen LogP contribution is -1.94. The number of carbonyl (C=O) groups is 1. The summed E-state index contributed by atoms with van der Waals surface area (Å²) in [5.41, 5.74) is 2.54. The summed E-state index contributed by atoms with van der Waals surface area (Å²) in [4.78, 5) is 12.2. The van der Waals surface area contributed by atoms with E-state index in [2.05, 4.69) is 0 Å². The van der Waals surface area contributed by atoms with Crippen LogP contribution in [-0.2, 0) is 4.74 Å². The largest absolute Gasteiger partial charge is 0.422 e. The van der Waals surface area contributed by atoms with Gasteiger partial charge in [-0.05, 0) is 28.5 Å². The molecule has 0 radical (unpaired) electrons. The van der Waals surface area contributed by atoms with Crippen molar-refractivity contribution in [2.24, 2.45) is 0 Å². The second kappa shape index (κ2) is 4.60. The average molecular weight is 272 g/mol. The van der Waals surface area contributed by atoms with Gasteiger partial charge in [0.1, 0.15) is 5.76 Å². The smallest absolute Gasteiger partial charge is 0.344 e. The zero-order valence-corrected chi connectivity index (χ0v) is 11.2. The maximum atomic E-state index is 12.2. The molecule has 2 nitrogen and oxygen atoms in total. The summed E-state index contributed by atoms with van der Waals surface area (Å²) >= 11 is 0. The molecule has 0 saturated heterocycles. The van der Waals surface area contributed by atoms with Crippen molar-refractivity contribution < 1.29 is 9.53 Å². The normalized spacial score (nSPS) is 15.2. The van der Waals surface area contributed by atoms with Gasteiger partial charge in [0, 0.05) is 5.56 Å². The lowest BCUT2D eigenvalue weighted by atomic mass is 9.99. The number of cyclic esters (lactones) is 1. The van der Waals surface area contributed by atoms with Gasteiger partial charge >= 0.3 is 5.97 Å². The Labute approximate surface area is 122 Å². The molecule has 2 heteroatoms. The molecule has 1 aliphatic heterocycles. The highest BCUT2D eigenvalue weighted by Gasteiger charge is 2.28. The van der Waals surface area contributed by atoms with Crippen LogP contribution in [0.25, 0.3) is 22.6 Å². The van der Waals surface area contributed by atoms with Crippen LogP contribution in [0.15, 0.2) is 66.7 Å². The van der Waals surface area contributed by atoms with Crippen LogP contribution in [0.3, 0.4) is 0 Å². The molecule has 0 bridgehead atoms. The maximum absolute atomic E-state index is 12.2. The predicted octanol–water partition coefficient (Wildman–Crippen LogP) is 4.51. The molecule has 21 heavy (non-hydrogen) atoms. The monoisotopic (exact) mass is 272 g/mol. The summed E-state index contributed by atoms with van der Waals surface area (Å²) in [6, 6.07) is 21.7. The van der Waals surface area contributed by atoms with E-state index in [-0.39, 0.29) is 5.97 Å². The Morgan fingerprint density at radius 3 is 2.43 bits per heavy atom. The molecule has 0 amide bonds. The minimum atomic E-state index is -0.274. The van der Waals surface area contributed by atoms with Crippen LogP contribution in [0.4, 0.5) is 0 Å². The SMILES string of the molecule is O=C1O/C(=C/c2ccccc2)c2ccc3ccccc3c21. The minimum absolute atomic E-state index is 0.274. The Kier molecular flexibility index (Phi) is 2.61. The molecule has 0 spiro atoms. The zero-order valence-electron chi connectivity index (χ0n) is 11.2. The minimum Gasteiger partial charge on any atom is -0.422 e. The first kappa shape index (κ1) is 11.9. The zero-order chi connectivity index (χ0) is 14.2. The van der Waals surface area contributed by atoms with Crippen molar-refractivity contribution in [2.75, 3.05) is 0 Å². The summed E-state index contributed by atoms with van der Waals surface area (Å²) in [5, 5.41) is 1.99. The molecule has 0 unspecified atom stereocenters. The van der Waals surface area contributed by atoms with E-state index < -0.39 is 0 Å². The Hall–Kier alpha value is -2.87. The van der Waals surface area contributed by atoms with Gasteiger partial charge < -0.3 is 4.74 Å². The predicted molar refractivity (Wildman–Crippen MR) is 83.7 cm³/mol. The Morgan fingerprint density at radius 2 is 1.57 bits per heavy atom. The first-order valence-corrected chi connectivity index (χ1v) is 6.84. The molecule has 0 aliphatic carbocycles. The molecule has 0 N–H and O–H groups in total. The van der Waals surface area contributed by atoms with Gasteiger partial charge in [0.15, 0.2) is 0 Å². The highest BCUT2D eigenvalue weighted by atomic mass is 16.5. The Morgan fingerprint density at radius 1 is 0.810 bits per heavy atom. The number of hydrogen-bond donors (Lipinski definition) is 0. The number of ether oxygens (including phenoxy) is 1. The standard InChI is InChI=1S/C19H12O2/c20-19-18-15-9-5-4-8-14(15)10-11-16(18)17(21-19)12-13-6-2-1-3-7-13/h1-12H/b17-12+. The maximum Gasteiger partial charge on any atom is 0.344 e. The molecule has 0 fully saturated rings. The summed E-state index contributed by atoms with van der Waals surface area (Å²) in [7, 11) is 0. The van der Waals surface area contributed by atoms with E-state index in [1.165, 1.54) is 0 Å². The lowest BCUT2D eigenvalue weighted by Gasteiger charge is -2.01. The van der Waals surface area contributed by atoms with Gasteiger partial charge in [0.25, 0.3) is 0 Å². The van der Waals surface area contributed by atoms with Gasteiger partial charge in [0.05, 0.1) is 5.56 Å². The van der Waals surface area contributed by atoms with Gasteiger partial charge in [-0.15, -0.1) is 0 Å². The number of rotatable bonds is 1. The van der Waals surface area contributed by atoms with Gasteiger partial charge in [-0.25, -0.2) is 4.79 Å². The van der Waals surface area contributed by atoms with Gasteiger partial charge in [-0.1, -0.05) is 60.7 Å². The van der Waals surface area contributed by atoms with E-state index in [1.807, 2.05) is 72.8 Å². The van der Waals surface area contributed by atoms with Gasteiger partial charge in [-0.3, -0.25) is 0 Å². The van der Waals surface area contributed by atoms with Crippen molar-refractivity contribution in [1.29, 1.82) is 0 Å². The van der Waals surface area contributed by atoms with Gasteiger partial charge in [0.2, 0.25) is 0 Å².